The van der Waals surface area contributed by atoms with Crippen molar-refractivity contribution in [1.82, 2.24) is 9.78 Å². The summed E-state index contributed by atoms with van der Waals surface area (Å²) < 4.78 is 1.85. The third-order valence-electron chi connectivity index (χ3n) is 2.33. The van der Waals surface area contributed by atoms with Crippen LogP contribution in [0.25, 0.3) is 0 Å². The van der Waals surface area contributed by atoms with E-state index in [0.717, 1.165) is 0 Å². The summed E-state index contributed by atoms with van der Waals surface area (Å²) in [5.74, 6) is -0.450. The number of aryl methyl sites for hydroxylation is 1. The maximum absolute atomic E-state index is 11.9. The van der Waals surface area contributed by atoms with Crippen LogP contribution in [0.4, 0.5) is 5.69 Å². The number of carbonyl (C=O) groups is 1. The minimum Gasteiger partial charge on any atom is -0.505 e. The first-order valence-corrected chi connectivity index (χ1v) is 6.13. The second-order valence-corrected chi connectivity index (χ2v) is 4.87. The van der Waals surface area contributed by atoms with Gasteiger partial charge in [-0.15, -0.1) is 0 Å². The van der Waals surface area contributed by atoms with Crippen molar-refractivity contribution in [2.24, 2.45) is 7.05 Å². The number of phenols is 1. The molecule has 1 aromatic heterocycles. The molecule has 0 unspecified atom stereocenters. The van der Waals surface area contributed by atoms with Crippen LogP contribution in [0.15, 0.2) is 28.9 Å². The second kappa shape index (κ2) is 4.99. The SMILES string of the molecule is Cn1nccc1C(=O)Nc1cc(Cl)cc(Br)c1O. The predicted octanol–water partition coefficient (Wildman–Crippen LogP) is 2.79. The van der Waals surface area contributed by atoms with E-state index >= 15 is 0 Å². The van der Waals surface area contributed by atoms with Crippen LogP contribution in [0.5, 0.6) is 5.75 Å². The van der Waals surface area contributed by atoms with Crippen molar-refractivity contribution in [2.45, 2.75) is 0 Å². The number of hydrogen-bond acceptors (Lipinski definition) is 3. The predicted molar refractivity (Wildman–Crippen MR) is 72.0 cm³/mol. The monoisotopic (exact) mass is 329 g/mol. The maximum Gasteiger partial charge on any atom is 0.274 e. The Morgan fingerprint density at radius 2 is 2.28 bits per heavy atom. The van der Waals surface area contributed by atoms with E-state index < -0.39 is 0 Å². The summed E-state index contributed by atoms with van der Waals surface area (Å²) in [5.41, 5.74) is 0.617. The van der Waals surface area contributed by atoms with Crippen molar-refractivity contribution in [2.75, 3.05) is 5.32 Å². The molecule has 2 aromatic rings. The molecule has 0 saturated heterocycles. The van der Waals surface area contributed by atoms with Gasteiger partial charge in [-0.3, -0.25) is 9.48 Å². The Balaban J connectivity index is 2.30. The van der Waals surface area contributed by atoms with E-state index in [1.807, 2.05) is 0 Å². The quantitative estimate of drug-likeness (QED) is 0.832. The molecular formula is C11H9BrClN3O2. The van der Waals surface area contributed by atoms with Gasteiger partial charge in [0, 0.05) is 18.3 Å². The molecule has 1 aromatic carbocycles. The fourth-order valence-electron chi connectivity index (χ4n) is 1.44. The highest BCUT2D eigenvalue weighted by Crippen LogP contribution is 2.35. The van der Waals surface area contributed by atoms with E-state index in [4.69, 9.17) is 11.6 Å². The Bertz CT molecular complexity index is 612. The van der Waals surface area contributed by atoms with Crippen molar-refractivity contribution in [3.63, 3.8) is 0 Å². The number of aromatic nitrogens is 2. The molecule has 0 aliphatic carbocycles. The number of amides is 1. The van der Waals surface area contributed by atoms with Gasteiger partial charge in [0.25, 0.3) is 5.91 Å². The van der Waals surface area contributed by atoms with Gasteiger partial charge < -0.3 is 10.4 Å². The van der Waals surface area contributed by atoms with Crippen molar-refractivity contribution in [3.8, 4) is 5.75 Å². The molecule has 0 fully saturated rings. The summed E-state index contributed by atoms with van der Waals surface area (Å²) in [6, 6.07) is 4.58. The highest BCUT2D eigenvalue weighted by Gasteiger charge is 2.14. The van der Waals surface area contributed by atoms with Gasteiger partial charge in [-0.2, -0.15) is 5.10 Å². The highest BCUT2D eigenvalue weighted by atomic mass is 79.9. The number of benzene rings is 1. The molecule has 94 valence electrons. The lowest BCUT2D eigenvalue weighted by Gasteiger charge is -2.09. The molecule has 0 aliphatic heterocycles. The minimum atomic E-state index is -0.375. The first-order chi connectivity index (χ1) is 8.49. The molecule has 18 heavy (non-hydrogen) atoms. The number of nitrogens with zero attached hydrogens (tertiary/aromatic N) is 2. The molecule has 0 saturated carbocycles. The van der Waals surface area contributed by atoms with Crippen LogP contribution in [0.2, 0.25) is 5.02 Å². The zero-order chi connectivity index (χ0) is 13.3. The molecule has 7 heteroatoms. The highest BCUT2D eigenvalue weighted by molar-refractivity contribution is 9.10. The number of nitrogens with one attached hydrogen (secondary N) is 1. The zero-order valence-electron chi connectivity index (χ0n) is 9.32. The number of aromatic hydroxyl groups is 1. The number of carbonyl (C=O) groups excluding carboxylic acids is 1. The molecule has 0 spiro atoms. The largest absolute Gasteiger partial charge is 0.505 e. The third-order valence-corrected chi connectivity index (χ3v) is 3.15. The topological polar surface area (TPSA) is 67.2 Å². The first kappa shape index (κ1) is 12.9. The zero-order valence-corrected chi connectivity index (χ0v) is 11.7. The van der Waals surface area contributed by atoms with Crippen molar-refractivity contribution in [1.29, 1.82) is 0 Å². The fourth-order valence-corrected chi connectivity index (χ4v) is 2.25. The Morgan fingerprint density at radius 3 is 2.89 bits per heavy atom. The Hall–Kier alpha value is -1.53. The molecule has 1 amide bonds. The number of anilines is 1. The summed E-state index contributed by atoms with van der Waals surface area (Å²) in [4.78, 5) is 11.9. The molecule has 0 radical (unpaired) electrons. The van der Waals surface area contributed by atoms with E-state index in [0.29, 0.717) is 15.2 Å². The van der Waals surface area contributed by atoms with Gasteiger partial charge in [0.2, 0.25) is 0 Å². The lowest BCUT2D eigenvalue weighted by Crippen LogP contribution is -2.16. The third kappa shape index (κ3) is 2.49. The van der Waals surface area contributed by atoms with Crippen LogP contribution in [0.3, 0.4) is 0 Å². The summed E-state index contributed by atoms with van der Waals surface area (Å²) in [6.45, 7) is 0. The molecule has 2 rings (SSSR count). The number of phenolic OH excluding ortho intramolecular Hbond substituents is 1. The number of rotatable bonds is 2. The van der Waals surface area contributed by atoms with Gasteiger partial charge >= 0.3 is 0 Å². The summed E-state index contributed by atoms with van der Waals surface area (Å²) in [7, 11) is 1.66. The van der Waals surface area contributed by atoms with E-state index in [1.54, 1.807) is 13.1 Å². The minimum absolute atomic E-state index is 0.0741. The summed E-state index contributed by atoms with van der Waals surface area (Å²) in [5, 5.41) is 16.7. The van der Waals surface area contributed by atoms with E-state index in [-0.39, 0.29) is 17.3 Å². The van der Waals surface area contributed by atoms with Crippen molar-refractivity contribution >= 4 is 39.1 Å². The first-order valence-electron chi connectivity index (χ1n) is 4.96. The smallest absolute Gasteiger partial charge is 0.274 e. The Morgan fingerprint density at radius 1 is 1.56 bits per heavy atom. The molecular weight excluding hydrogens is 321 g/mol. The lowest BCUT2D eigenvalue weighted by molar-refractivity contribution is 0.101. The van der Waals surface area contributed by atoms with Crippen LogP contribution < -0.4 is 5.32 Å². The fraction of sp³-hybridized carbons (Fsp3) is 0.0909. The Kier molecular flexibility index (Phi) is 3.58. The van der Waals surface area contributed by atoms with Crippen LogP contribution in [-0.4, -0.2) is 20.8 Å². The average molecular weight is 331 g/mol. The molecule has 1 heterocycles. The molecule has 0 aliphatic rings. The van der Waals surface area contributed by atoms with Crippen LogP contribution in [0.1, 0.15) is 10.5 Å². The van der Waals surface area contributed by atoms with Crippen LogP contribution >= 0.6 is 27.5 Å². The molecule has 0 atom stereocenters. The second-order valence-electron chi connectivity index (χ2n) is 3.58. The number of hydrogen-bond donors (Lipinski definition) is 2. The standard InChI is InChI=1S/C11H9BrClN3O2/c1-16-9(2-3-14-16)11(18)15-8-5-6(13)4-7(12)10(8)17/h2-5,17H,1H3,(H,15,18). The molecule has 5 nitrogen and oxygen atoms in total. The van der Waals surface area contributed by atoms with Gasteiger partial charge in [-0.25, -0.2) is 0 Å². The average Bonchev–Trinajstić information content (AvgIpc) is 2.71. The summed E-state index contributed by atoms with van der Waals surface area (Å²) in [6.07, 6.45) is 1.52. The van der Waals surface area contributed by atoms with Crippen molar-refractivity contribution in [3.05, 3.63) is 39.6 Å². The van der Waals surface area contributed by atoms with Crippen LogP contribution in [-0.2, 0) is 7.05 Å². The summed E-state index contributed by atoms with van der Waals surface area (Å²) >= 11 is 9.00. The van der Waals surface area contributed by atoms with E-state index in [2.05, 4.69) is 26.3 Å². The molecule has 2 N–H and O–H groups in total. The molecule has 0 bridgehead atoms. The van der Waals surface area contributed by atoms with Gasteiger partial charge in [-0.1, -0.05) is 11.6 Å². The van der Waals surface area contributed by atoms with E-state index in [9.17, 15) is 9.90 Å². The Labute approximate surface area is 117 Å². The van der Waals surface area contributed by atoms with Gasteiger partial charge in [0.1, 0.15) is 5.69 Å². The van der Waals surface area contributed by atoms with E-state index in [1.165, 1.54) is 23.0 Å². The van der Waals surface area contributed by atoms with Crippen LogP contribution in [0, 0.1) is 0 Å². The van der Waals surface area contributed by atoms with Crippen molar-refractivity contribution < 1.29 is 9.90 Å². The van der Waals surface area contributed by atoms with Gasteiger partial charge in [-0.05, 0) is 34.1 Å². The maximum atomic E-state index is 11.9. The number of halogens is 2. The van der Waals surface area contributed by atoms with Gasteiger partial charge in [0.05, 0.1) is 10.2 Å². The lowest BCUT2D eigenvalue weighted by atomic mass is 10.2. The van der Waals surface area contributed by atoms with Gasteiger partial charge in [0.15, 0.2) is 5.75 Å². The normalized spacial score (nSPS) is 10.4.